The molecule has 6 nitrogen and oxygen atoms in total. The molecule has 0 amide bonds. The van der Waals surface area contributed by atoms with Gasteiger partial charge in [-0.1, -0.05) is 35.4 Å². The van der Waals surface area contributed by atoms with Crippen LogP contribution in [-0.2, 0) is 0 Å². The fraction of sp³-hybridized carbons (Fsp3) is 0.152. The summed E-state index contributed by atoms with van der Waals surface area (Å²) in [5.74, 6) is 1.68. The van der Waals surface area contributed by atoms with Crippen LogP contribution in [0.5, 0.6) is 17.2 Å². The first-order chi connectivity index (χ1) is 19.8. The van der Waals surface area contributed by atoms with Gasteiger partial charge in [-0.2, -0.15) is 0 Å². The van der Waals surface area contributed by atoms with E-state index in [9.17, 15) is 5.11 Å². The molecule has 3 aromatic carbocycles. The number of rotatable bonds is 6. The molecule has 206 valence electrons. The van der Waals surface area contributed by atoms with Crippen LogP contribution in [0.3, 0.4) is 0 Å². The first-order valence-corrected chi connectivity index (χ1v) is 14.1. The lowest BCUT2D eigenvalue weighted by molar-refractivity contribution is 0.471. The highest BCUT2D eigenvalue weighted by Gasteiger charge is 2.42. The van der Waals surface area contributed by atoms with Crippen molar-refractivity contribution in [2.75, 3.05) is 4.90 Å². The summed E-state index contributed by atoms with van der Waals surface area (Å²) < 4.78 is 8.10. The Bertz CT molecular complexity index is 1720. The van der Waals surface area contributed by atoms with Gasteiger partial charge in [0, 0.05) is 28.3 Å². The molecule has 1 saturated heterocycles. The smallest absolute Gasteiger partial charge is 0.174 e. The number of hydrogen-bond acceptors (Lipinski definition) is 4. The van der Waals surface area contributed by atoms with Crippen LogP contribution in [0.25, 0.3) is 5.69 Å². The molecule has 0 saturated carbocycles. The van der Waals surface area contributed by atoms with Gasteiger partial charge in [-0.3, -0.25) is 4.98 Å². The van der Waals surface area contributed by atoms with Crippen molar-refractivity contribution in [3.05, 3.63) is 130 Å². The van der Waals surface area contributed by atoms with Crippen molar-refractivity contribution < 1.29 is 9.84 Å². The molecule has 6 rings (SSSR count). The molecule has 1 aliphatic rings. The van der Waals surface area contributed by atoms with Crippen LogP contribution >= 0.6 is 23.8 Å². The number of hydrogen-bond donors (Lipinski definition) is 2. The molecule has 0 aliphatic carbocycles. The van der Waals surface area contributed by atoms with E-state index in [-0.39, 0.29) is 17.8 Å². The Morgan fingerprint density at radius 2 is 1.61 bits per heavy atom. The SMILES string of the molecule is Cc1ccc(Oc2ccc(N3C(=S)N[C@@H](c4ccccn4)[C@@H]3c3cc(C)n(-c4cc(Cl)ccc4O)c3C)cc2)cc1. The Hall–Kier alpha value is -4.33. The average Bonchev–Trinajstić information content (AvgIpc) is 3.47. The van der Waals surface area contributed by atoms with Crippen LogP contribution in [0.15, 0.2) is 97.2 Å². The summed E-state index contributed by atoms with van der Waals surface area (Å²) in [5, 5.41) is 15.4. The molecule has 2 atom stereocenters. The quantitative estimate of drug-likeness (QED) is 0.198. The highest BCUT2D eigenvalue weighted by atomic mass is 35.5. The first kappa shape index (κ1) is 26.9. The number of aromatic hydroxyl groups is 1. The fourth-order valence-corrected chi connectivity index (χ4v) is 6.01. The minimum atomic E-state index is -0.206. The summed E-state index contributed by atoms with van der Waals surface area (Å²) in [5.41, 5.74) is 6.63. The monoisotopic (exact) mass is 580 g/mol. The second-order valence-electron chi connectivity index (χ2n) is 10.2. The van der Waals surface area contributed by atoms with Gasteiger partial charge in [-0.25, -0.2) is 0 Å². The van der Waals surface area contributed by atoms with Gasteiger partial charge in [0.15, 0.2) is 5.11 Å². The van der Waals surface area contributed by atoms with Crippen LogP contribution < -0.4 is 15.0 Å². The van der Waals surface area contributed by atoms with E-state index in [0.29, 0.717) is 15.8 Å². The van der Waals surface area contributed by atoms with Crippen LogP contribution in [0.1, 0.15) is 40.3 Å². The van der Waals surface area contributed by atoms with Gasteiger partial charge in [0.05, 0.1) is 23.5 Å². The fourth-order valence-electron chi connectivity index (χ4n) is 5.50. The van der Waals surface area contributed by atoms with Gasteiger partial charge in [0.2, 0.25) is 0 Å². The number of phenolic OH excluding ortho intramolecular Hbond substituents is 1. The van der Waals surface area contributed by atoms with Crippen LogP contribution in [0, 0.1) is 20.8 Å². The molecule has 8 heteroatoms. The maximum absolute atomic E-state index is 10.7. The predicted molar refractivity (Wildman–Crippen MR) is 168 cm³/mol. The molecule has 5 aromatic rings. The normalized spacial score (nSPS) is 16.6. The Labute approximate surface area is 249 Å². The van der Waals surface area contributed by atoms with E-state index in [2.05, 4.69) is 35.1 Å². The lowest BCUT2D eigenvalue weighted by atomic mass is 9.96. The zero-order valence-electron chi connectivity index (χ0n) is 22.9. The summed E-state index contributed by atoms with van der Waals surface area (Å²) in [4.78, 5) is 6.81. The number of phenols is 1. The summed E-state index contributed by atoms with van der Waals surface area (Å²) in [7, 11) is 0. The van der Waals surface area contributed by atoms with Gasteiger partial charge in [0.1, 0.15) is 17.2 Å². The molecule has 0 bridgehead atoms. The van der Waals surface area contributed by atoms with Crippen molar-refractivity contribution in [1.29, 1.82) is 0 Å². The van der Waals surface area contributed by atoms with Gasteiger partial charge in [-0.15, -0.1) is 0 Å². The Balaban J connectivity index is 1.42. The van der Waals surface area contributed by atoms with E-state index < -0.39 is 0 Å². The number of aromatic nitrogens is 2. The zero-order valence-corrected chi connectivity index (χ0v) is 24.4. The van der Waals surface area contributed by atoms with Crippen LogP contribution in [-0.4, -0.2) is 19.8 Å². The average molecular weight is 581 g/mol. The number of aryl methyl sites for hydroxylation is 2. The van der Waals surface area contributed by atoms with Crippen LogP contribution in [0.2, 0.25) is 5.02 Å². The van der Waals surface area contributed by atoms with Gasteiger partial charge < -0.3 is 24.6 Å². The second kappa shape index (κ2) is 10.9. The van der Waals surface area contributed by atoms with Crippen molar-refractivity contribution in [3.63, 3.8) is 0 Å². The lowest BCUT2D eigenvalue weighted by Crippen LogP contribution is -2.29. The minimum absolute atomic E-state index is 0.158. The maximum Gasteiger partial charge on any atom is 0.174 e. The number of nitrogens with zero attached hydrogens (tertiary/aromatic N) is 3. The summed E-state index contributed by atoms with van der Waals surface area (Å²) in [6.45, 7) is 6.13. The van der Waals surface area contributed by atoms with Crippen LogP contribution in [0.4, 0.5) is 5.69 Å². The molecule has 1 fully saturated rings. The van der Waals surface area contributed by atoms with E-state index in [1.165, 1.54) is 5.56 Å². The molecule has 3 heterocycles. The standard InChI is InChI=1S/C33H29ClN4O2S/c1-20-7-12-25(13-8-20)40-26-14-10-24(11-15-26)38-32(31(36-33(38)41)28-6-4-5-17-35-28)27-18-21(2)37(22(27)3)29-19-23(34)9-16-30(29)39/h4-19,31-32,39H,1-3H3,(H,36,41)/t31-,32-/m0/s1. The third-order valence-corrected chi connectivity index (χ3v) is 7.99. The second-order valence-corrected chi connectivity index (χ2v) is 11.0. The van der Waals surface area contributed by atoms with E-state index >= 15 is 0 Å². The largest absolute Gasteiger partial charge is 0.506 e. The third kappa shape index (κ3) is 5.14. The number of ether oxygens (including phenoxy) is 1. The Morgan fingerprint density at radius 1 is 0.902 bits per heavy atom. The number of halogens is 1. The number of nitrogens with one attached hydrogen (secondary N) is 1. The van der Waals surface area contributed by atoms with Crippen molar-refractivity contribution >= 4 is 34.6 Å². The van der Waals surface area contributed by atoms with E-state index in [4.69, 9.17) is 28.6 Å². The van der Waals surface area contributed by atoms with Gasteiger partial charge >= 0.3 is 0 Å². The summed E-state index contributed by atoms with van der Waals surface area (Å²) >= 11 is 12.3. The predicted octanol–water partition coefficient (Wildman–Crippen LogP) is 8.13. The van der Waals surface area contributed by atoms with Crippen molar-refractivity contribution in [2.24, 2.45) is 0 Å². The molecular weight excluding hydrogens is 552 g/mol. The molecule has 2 N–H and O–H groups in total. The molecule has 0 spiro atoms. The van der Waals surface area contributed by atoms with Crippen molar-refractivity contribution in [3.8, 4) is 22.9 Å². The minimum Gasteiger partial charge on any atom is -0.506 e. The summed E-state index contributed by atoms with van der Waals surface area (Å²) in [6, 6.07) is 28.6. The molecule has 1 aliphatic heterocycles. The number of pyridine rings is 1. The van der Waals surface area contributed by atoms with Gasteiger partial charge in [-0.05, 0) is 111 Å². The Morgan fingerprint density at radius 3 is 2.29 bits per heavy atom. The van der Waals surface area contributed by atoms with Gasteiger partial charge in [0.25, 0.3) is 0 Å². The number of anilines is 1. The van der Waals surface area contributed by atoms with E-state index in [1.54, 1.807) is 24.4 Å². The number of benzene rings is 3. The van der Waals surface area contributed by atoms with Crippen molar-refractivity contribution in [1.82, 2.24) is 14.9 Å². The highest BCUT2D eigenvalue weighted by Crippen LogP contribution is 2.44. The lowest BCUT2D eigenvalue weighted by Gasteiger charge is -2.28. The summed E-state index contributed by atoms with van der Waals surface area (Å²) in [6.07, 6.45) is 1.80. The Kier molecular flexibility index (Phi) is 7.15. The zero-order chi connectivity index (χ0) is 28.7. The number of thiocarbonyl (C=S) groups is 1. The highest BCUT2D eigenvalue weighted by molar-refractivity contribution is 7.80. The molecule has 0 radical (unpaired) electrons. The molecule has 2 aromatic heterocycles. The van der Waals surface area contributed by atoms with E-state index in [0.717, 1.165) is 39.8 Å². The molecular formula is C33H29ClN4O2S. The first-order valence-electron chi connectivity index (χ1n) is 13.3. The maximum atomic E-state index is 10.7. The van der Waals surface area contributed by atoms with Crippen molar-refractivity contribution in [2.45, 2.75) is 32.9 Å². The molecule has 0 unspecified atom stereocenters. The molecule has 41 heavy (non-hydrogen) atoms. The van der Waals surface area contributed by atoms with E-state index in [1.807, 2.05) is 78.2 Å². The topological polar surface area (TPSA) is 62.5 Å². The third-order valence-electron chi connectivity index (χ3n) is 7.44.